The molecule has 3 aromatic rings. The first kappa shape index (κ1) is 16.9. The average molecular weight is 334 g/mol. The first-order valence-electron chi connectivity index (χ1n) is 8.21. The van der Waals surface area contributed by atoms with Crippen LogP contribution in [0.1, 0.15) is 30.8 Å². The molecule has 0 bridgehead atoms. The summed E-state index contributed by atoms with van der Waals surface area (Å²) >= 11 is 0. The van der Waals surface area contributed by atoms with Crippen molar-refractivity contribution in [1.29, 1.82) is 0 Å². The van der Waals surface area contributed by atoms with Gasteiger partial charge in [-0.2, -0.15) is 0 Å². The SMILES string of the molecule is CC(C)Cc1nc2cc(C#Cc3cccc(F)c3)ccc2c(=O)n1C. The molecule has 0 unspecified atom stereocenters. The highest BCUT2D eigenvalue weighted by Gasteiger charge is 2.09. The van der Waals surface area contributed by atoms with Crippen molar-refractivity contribution in [2.24, 2.45) is 13.0 Å². The predicted molar refractivity (Wildman–Crippen MR) is 97.9 cm³/mol. The predicted octanol–water partition coefficient (Wildman–Crippen LogP) is 3.67. The van der Waals surface area contributed by atoms with Crippen LogP contribution in [0.15, 0.2) is 47.3 Å². The van der Waals surface area contributed by atoms with Crippen LogP contribution in [0.4, 0.5) is 4.39 Å². The summed E-state index contributed by atoms with van der Waals surface area (Å²) in [5, 5.41) is 0.575. The molecule has 0 aliphatic heterocycles. The fraction of sp³-hybridized carbons (Fsp3) is 0.238. The third-order valence-electron chi connectivity index (χ3n) is 3.94. The average Bonchev–Trinajstić information content (AvgIpc) is 2.57. The quantitative estimate of drug-likeness (QED) is 0.670. The van der Waals surface area contributed by atoms with Gasteiger partial charge in [0, 0.05) is 24.6 Å². The Labute approximate surface area is 146 Å². The molecular weight excluding hydrogens is 315 g/mol. The van der Waals surface area contributed by atoms with Crippen LogP contribution in [0.3, 0.4) is 0 Å². The fourth-order valence-electron chi connectivity index (χ4n) is 2.65. The molecule has 2 aromatic carbocycles. The smallest absolute Gasteiger partial charge is 0.261 e. The highest BCUT2D eigenvalue weighted by Crippen LogP contribution is 2.13. The van der Waals surface area contributed by atoms with Gasteiger partial charge in [-0.15, -0.1) is 0 Å². The Morgan fingerprint density at radius 2 is 1.84 bits per heavy atom. The molecule has 0 spiro atoms. The van der Waals surface area contributed by atoms with E-state index in [1.165, 1.54) is 12.1 Å². The molecule has 0 aliphatic rings. The fourth-order valence-corrected chi connectivity index (χ4v) is 2.65. The van der Waals surface area contributed by atoms with Crippen LogP contribution in [0.5, 0.6) is 0 Å². The van der Waals surface area contributed by atoms with Gasteiger partial charge in [0.2, 0.25) is 0 Å². The van der Waals surface area contributed by atoms with Gasteiger partial charge in [-0.05, 0) is 42.3 Å². The van der Waals surface area contributed by atoms with E-state index in [0.717, 1.165) is 17.8 Å². The molecule has 0 amide bonds. The third kappa shape index (κ3) is 3.77. The molecule has 25 heavy (non-hydrogen) atoms. The summed E-state index contributed by atoms with van der Waals surface area (Å²) in [4.78, 5) is 17.1. The number of benzene rings is 2. The van der Waals surface area contributed by atoms with Gasteiger partial charge in [-0.1, -0.05) is 31.8 Å². The summed E-state index contributed by atoms with van der Waals surface area (Å²) < 4.78 is 14.8. The number of rotatable bonds is 2. The normalized spacial score (nSPS) is 10.8. The lowest BCUT2D eigenvalue weighted by Gasteiger charge is -2.11. The monoisotopic (exact) mass is 334 g/mol. The number of hydrogen-bond donors (Lipinski definition) is 0. The van der Waals surface area contributed by atoms with Crippen LogP contribution in [-0.4, -0.2) is 9.55 Å². The van der Waals surface area contributed by atoms with Crippen molar-refractivity contribution < 1.29 is 4.39 Å². The summed E-state index contributed by atoms with van der Waals surface area (Å²) in [5.41, 5.74) is 1.95. The second kappa shape index (κ2) is 6.90. The van der Waals surface area contributed by atoms with E-state index in [2.05, 4.69) is 30.7 Å². The Balaban J connectivity index is 2.05. The van der Waals surface area contributed by atoms with E-state index in [1.807, 2.05) is 6.07 Å². The maximum absolute atomic E-state index is 13.2. The first-order chi connectivity index (χ1) is 11.9. The number of nitrogens with zero attached hydrogens (tertiary/aromatic N) is 2. The van der Waals surface area contributed by atoms with E-state index < -0.39 is 0 Å². The minimum atomic E-state index is -0.311. The van der Waals surface area contributed by atoms with Crippen LogP contribution in [-0.2, 0) is 13.5 Å². The lowest BCUT2D eigenvalue weighted by Crippen LogP contribution is -2.23. The molecule has 0 fully saturated rings. The minimum absolute atomic E-state index is 0.0507. The second-order valence-electron chi connectivity index (χ2n) is 6.48. The number of aromatic nitrogens is 2. The molecule has 3 rings (SSSR count). The van der Waals surface area contributed by atoms with Crippen LogP contribution < -0.4 is 5.56 Å². The van der Waals surface area contributed by atoms with Gasteiger partial charge in [0.25, 0.3) is 5.56 Å². The van der Waals surface area contributed by atoms with Gasteiger partial charge >= 0.3 is 0 Å². The molecule has 1 heterocycles. The highest BCUT2D eigenvalue weighted by molar-refractivity contribution is 5.79. The molecule has 0 saturated heterocycles. The van der Waals surface area contributed by atoms with Crippen molar-refractivity contribution in [3.63, 3.8) is 0 Å². The summed E-state index contributed by atoms with van der Waals surface area (Å²) in [6, 6.07) is 11.5. The molecule has 0 saturated carbocycles. The number of halogens is 1. The van der Waals surface area contributed by atoms with Crippen molar-refractivity contribution in [3.05, 3.63) is 75.6 Å². The molecule has 4 heteroatoms. The van der Waals surface area contributed by atoms with Gasteiger partial charge < -0.3 is 0 Å². The summed E-state index contributed by atoms with van der Waals surface area (Å²) in [6.45, 7) is 4.19. The first-order valence-corrected chi connectivity index (χ1v) is 8.21. The summed E-state index contributed by atoms with van der Waals surface area (Å²) in [6.07, 6.45) is 0.737. The molecule has 3 nitrogen and oxygen atoms in total. The Kier molecular flexibility index (Phi) is 4.67. The largest absolute Gasteiger partial charge is 0.299 e. The summed E-state index contributed by atoms with van der Waals surface area (Å²) in [7, 11) is 1.75. The van der Waals surface area contributed by atoms with Crippen LogP contribution >= 0.6 is 0 Å². The van der Waals surface area contributed by atoms with Gasteiger partial charge in [-0.25, -0.2) is 9.37 Å². The molecule has 126 valence electrons. The standard InChI is InChI=1S/C21H19FN2O/c1-14(2)11-20-23-19-13-16(9-10-18(19)21(25)24(20)3)8-7-15-5-4-6-17(22)12-15/h4-6,9-10,12-14H,11H2,1-3H3. The van der Waals surface area contributed by atoms with Crippen molar-refractivity contribution in [3.8, 4) is 11.8 Å². The molecule has 0 atom stereocenters. The highest BCUT2D eigenvalue weighted by atomic mass is 19.1. The van der Waals surface area contributed by atoms with E-state index in [4.69, 9.17) is 0 Å². The van der Waals surface area contributed by atoms with Crippen molar-refractivity contribution in [2.75, 3.05) is 0 Å². The lowest BCUT2D eigenvalue weighted by molar-refractivity contribution is 0.590. The Hall–Kier alpha value is -2.93. The van der Waals surface area contributed by atoms with Crippen LogP contribution in [0, 0.1) is 23.6 Å². The van der Waals surface area contributed by atoms with E-state index >= 15 is 0 Å². The van der Waals surface area contributed by atoms with Crippen LogP contribution in [0.2, 0.25) is 0 Å². The van der Waals surface area contributed by atoms with Crippen LogP contribution in [0.25, 0.3) is 10.9 Å². The third-order valence-corrected chi connectivity index (χ3v) is 3.94. The number of hydrogen-bond acceptors (Lipinski definition) is 2. The molecule has 0 radical (unpaired) electrons. The Morgan fingerprint density at radius 1 is 1.12 bits per heavy atom. The van der Waals surface area contributed by atoms with Gasteiger partial charge in [0.1, 0.15) is 11.6 Å². The zero-order valence-electron chi connectivity index (χ0n) is 14.5. The van der Waals surface area contributed by atoms with E-state index in [9.17, 15) is 9.18 Å². The maximum Gasteiger partial charge on any atom is 0.261 e. The van der Waals surface area contributed by atoms with E-state index in [-0.39, 0.29) is 11.4 Å². The van der Waals surface area contributed by atoms with Gasteiger partial charge in [0.15, 0.2) is 0 Å². The van der Waals surface area contributed by atoms with E-state index in [0.29, 0.717) is 22.4 Å². The zero-order valence-corrected chi connectivity index (χ0v) is 14.5. The summed E-state index contributed by atoms with van der Waals surface area (Å²) in [5.74, 6) is 6.81. The molecule has 0 aliphatic carbocycles. The second-order valence-corrected chi connectivity index (χ2v) is 6.48. The van der Waals surface area contributed by atoms with Crippen molar-refractivity contribution in [2.45, 2.75) is 20.3 Å². The van der Waals surface area contributed by atoms with Crippen molar-refractivity contribution >= 4 is 10.9 Å². The Bertz CT molecular complexity index is 1050. The van der Waals surface area contributed by atoms with Gasteiger partial charge in [0.05, 0.1) is 10.9 Å². The van der Waals surface area contributed by atoms with E-state index in [1.54, 1.807) is 35.9 Å². The number of fused-ring (bicyclic) bond motifs is 1. The minimum Gasteiger partial charge on any atom is -0.299 e. The topological polar surface area (TPSA) is 34.9 Å². The van der Waals surface area contributed by atoms with Crippen molar-refractivity contribution in [1.82, 2.24) is 9.55 Å². The Morgan fingerprint density at radius 3 is 2.52 bits per heavy atom. The maximum atomic E-state index is 13.2. The molecule has 1 aromatic heterocycles. The molecule has 0 N–H and O–H groups in total. The van der Waals surface area contributed by atoms with Gasteiger partial charge in [-0.3, -0.25) is 9.36 Å². The molecular formula is C21H19FN2O. The zero-order chi connectivity index (χ0) is 18.0. The lowest BCUT2D eigenvalue weighted by atomic mass is 10.1.